The van der Waals surface area contributed by atoms with E-state index < -0.39 is 5.97 Å². The van der Waals surface area contributed by atoms with E-state index in [4.69, 9.17) is 16.3 Å². The zero-order chi connectivity index (χ0) is 19.4. The summed E-state index contributed by atoms with van der Waals surface area (Å²) in [4.78, 5) is 37.1. The number of thiophene rings is 1. The summed E-state index contributed by atoms with van der Waals surface area (Å²) in [6, 6.07) is 10.7. The van der Waals surface area contributed by atoms with E-state index in [-0.39, 0.29) is 31.0 Å². The number of hydrogen-bond acceptors (Lipinski definition) is 5. The maximum absolute atomic E-state index is 12.7. The van der Waals surface area contributed by atoms with E-state index in [2.05, 4.69) is 0 Å². The maximum atomic E-state index is 12.7. The van der Waals surface area contributed by atoms with Gasteiger partial charge in [-0.3, -0.25) is 18.7 Å². The highest BCUT2D eigenvalue weighted by Gasteiger charge is 2.15. The number of rotatable bonds is 8. The number of esters is 1. The Bertz CT molecular complexity index is 1030. The van der Waals surface area contributed by atoms with Crippen molar-refractivity contribution in [2.75, 3.05) is 6.61 Å². The molecule has 3 aromatic rings. The first kappa shape index (κ1) is 19.4. The number of imidazole rings is 1. The van der Waals surface area contributed by atoms with Crippen LogP contribution < -0.4 is 5.69 Å². The number of Topliss-reactive ketones (excluding diaryl/α,β-unsaturated/α-hetero) is 1. The van der Waals surface area contributed by atoms with Crippen LogP contribution >= 0.6 is 22.9 Å². The first-order valence-electron chi connectivity index (χ1n) is 8.63. The molecule has 0 unspecified atom stereocenters. The average molecular weight is 407 g/mol. The molecule has 6 nitrogen and oxygen atoms in total. The van der Waals surface area contributed by atoms with Crippen molar-refractivity contribution >= 4 is 45.7 Å². The van der Waals surface area contributed by atoms with E-state index >= 15 is 0 Å². The number of fused-ring (bicyclic) bond motifs is 1. The Hall–Kier alpha value is -2.38. The van der Waals surface area contributed by atoms with Crippen LogP contribution in [0.4, 0.5) is 0 Å². The summed E-state index contributed by atoms with van der Waals surface area (Å²) in [5, 5.41) is 0. The van der Waals surface area contributed by atoms with Crippen LogP contribution in [0.1, 0.15) is 29.4 Å². The van der Waals surface area contributed by atoms with Gasteiger partial charge < -0.3 is 4.74 Å². The van der Waals surface area contributed by atoms with Gasteiger partial charge in [-0.1, -0.05) is 30.7 Å². The molecule has 0 aliphatic rings. The minimum atomic E-state index is -0.523. The van der Waals surface area contributed by atoms with Crippen molar-refractivity contribution in [2.45, 2.75) is 32.9 Å². The fourth-order valence-corrected chi connectivity index (χ4v) is 3.85. The molecule has 0 N–H and O–H groups in total. The molecule has 0 aliphatic carbocycles. The Labute approximate surface area is 164 Å². The molecule has 2 aromatic heterocycles. The number of halogens is 1. The van der Waals surface area contributed by atoms with E-state index in [1.807, 2.05) is 31.2 Å². The second-order valence-corrected chi connectivity index (χ2v) is 7.73. The molecule has 0 saturated heterocycles. The summed E-state index contributed by atoms with van der Waals surface area (Å²) in [6.45, 7) is 2.50. The van der Waals surface area contributed by atoms with Crippen LogP contribution in [0.25, 0.3) is 11.0 Å². The molecule has 0 fully saturated rings. The summed E-state index contributed by atoms with van der Waals surface area (Å²) < 4.78 is 8.84. The Morgan fingerprint density at radius 1 is 1.07 bits per heavy atom. The van der Waals surface area contributed by atoms with Crippen molar-refractivity contribution in [1.29, 1.82) is 0 Å². The van der Waals surface area contributed by atoms with Crippen LogP contribution in [-0.4, -0.2) is 27.5 Å². The average Bonchev–Trinajstić information content (AvgIpc) is 3.21. The highest BCUT2D eigenvalue weighted by Crippen LogP contribution is 2.21. The third-order valence-corrected chi connectivity index (χ3v) is 5.40. The molecule has 27 heavy (non-hydrogen) atoms. The Kier molecular flexibility index (Phi) is 6.13. The Morgan fingerprint density at radius 2 is 1.74 bits per heavy atom. The van der Waals surface area contributed by atoms with Crippen LogP contribution in [0.15, 0.2) is 41.2 Å². The molecule has 3 rings (SSSR count). The summed E-state index contributed by atoms with van der Waals surface area (Å²) in [6.07, 6.45) is 0.851. The van der Waals surface area contributed by atoms with Crippen LogP contribution in [0, 0.1) is 0 Å². The molecule has 0 atom stereocenters. The highest BCUT2D eigenvalue weighted by atomic mass is 35.5. The topological polar surface area (TPSA) is 70.3 Å². The fraction of sp³-hybridized carbons (Fsp3) is 0.316. The van der Waals surface area contributed by atoms with Crippen molar-refractivity contribution in [3.63, 3.8) is 0 Å². The monoisotopic (exact) mass is 406 g/mol. The van der Waals surface area contributed by atoms with Crippen LogP contribution in [-0.2, 0) is 22.6 Å². The van der Waals surface area contributed by atoms with Crippen LogP contribution in [0.5, 0.6) is 0 Å². The van der Waals surface area contributed by atoms with Gasteiger partial charge in [0, 0.05) is 13.1 Å². The zero-order valence-electron chi connectivity index (χ0n) is 14.8. The predicted octanol–water partition coefficient (Wildman–Crippen LogP) is 3.74. The third-order valence-electron chi connectivity index (χ3n) is 4.12. The predicted molar refractivity (Wildman–Crippen MR) is 106 cm³/mol. The second kappa shape index (κ2) is 8.54. The zero-order valence-corrected chi connectivity index (χ0v) is 16.4. The van der Waals surface area contributed by atoms with E-state index in [1.165, 1.54) is 0 Å². The lowest BCUT2D eigenvalue weighted by atomic mass is 10.3. The van der Waals surface area contributed by atoms with Crippen molar-refractivity contribution in [1.82, 2.24) is 9.13 Å². The smallest absolute Gasteiger partial charge is 0.329 e. The quantitative estimate of drug-likeness (QED) is 0.422. The number of aromatic nitrogens is 2. The molecular formula is C19H19ClN2O4S. The van der Waals surface area contributed by atoms with Gasteiger partial charge in [0.2, 0.25) is 5.78 Å². The molecule has 8 heteroatoms. The minimum absolute atomic E-state index is 0.0124. The van der Waals surface area contributed by atoms with Crippen LogP contribution in [0.3, 0.4) is 0 Å². The van der Waals surface area contributed by atoms with E-state index in [0.717, 1.165) is 28.8 Å². The molecule has 0 bridgehead atoms. The van der Waals surface area contributed by atoms with E-state index in [1.54, 1.807) is 21.3 Å². The summed E-state index contributed by atoms with van der Waals surface area (Å²) >= 11 is 6.94. The van der Waals surface area contributed by atoms with Gasteiger partial charge in [0.25, 0.3) is 0 Å². The third kappa shape index (κ3) is 4.31. The Balaban J connectivity index is 1.64. The number of ether oxygens (including phenoxy) is 1. The number of benzene rings is 1. The second-order valence-electron chi connectivity index (χ2n) is 6.01. The van der Waals surface area contributed by atoms with Gasteiger partial charge in [0.15, 0.2) is 6.61 Å². The SMILES string of the molecule is CCCn1c(=O)n(CCC(=O)OCC(=O)c2ccc(Cl)s2)c2ccccc21. The molecule has 0 radical (unpaired) electrons. The van der Waals surface area contributed by atoms with Gasteiger partial charge in [-0.2, -0.15) is 0 Å². The lowest BCUT2D eigenvalue weighted by molar-refractivity contribution is -0.142. The molecule has 2 heterocycles. The van der Waals surface area contributed by atoms with Gasteiger partial charge in [-0.05, 0) is 30.7 Å². The first-order valence-corrected chi connectivity index (χ1v) is 9.83. The lowest BCUT2D eigenvalue weighted by Gasteiger charge is -2.05. The number of carbonyl (C=O) groups excluding carboxylic acids is 2. The number of nitrogens with zero attached hydrogens (tertiary/aromatic N) is 2. The minimum Gasteiger partial charge on any atom is -0.457 e. The van der Waals surface area contributed by atoms with Gasteiger partial charge in [0.05, 0.1) is 26.7 Å². The van der Waals surface area contributed by atoms with Crippen molar-refractivity contribution < 1.29 is 14.3 Å². The normalized spacial score (nSPS) is 11.0. The highest BCUT2D eigenvalue weighted by molar-refractivity contribution is 7.18. The first-order chi connectivity index (χ1) is 13.0. The van der Waals surface area contributed by atoms with Crippen LogP contribution in [0.2, 0.25) is 4.34 Å². The lowest BCUT2D eigenvalue weighted by Crippen LogP contribution is -2.25. The standard InChI is InChI=1S/C19H19ClN2O4S/c1-2-10-21-13-5-3-4-6-14(13)22(19(21)25)11-9-18(24)26-12-15(23)16-7-8-17(20)27-16/h3-8H,2,9-12H2,1H3. The number of carbonyl (C=O) groups is 2. The molecular weight excluding hydrogens is 388 g/mol. The summed E-state index contributed by atoms with van der Waals surface area (Å²) in [7, 11) is 0. The number of aryl methyl sites for hydroxylation is 2. The van der Waals surface area contributed by atoms with Crippen molar-refractivity contribution in [3.8, 4) is 0 Å². The van der Waals surface area contributed by atoms with Crippen molar-refractivity contribution in [2.24, 2.45) is 0 Å². The molecule has 0 spiro atoms. The molecule has 1 aromatic carbocycles. The van der Waals surface area contributed by atoms with Gasteiger partial charge >= 0.3 is 11.7 Å². The fourth-order valence-electron chi connectivity index (χ4n) is 2.88. The van der Waals surface area contributed by atoms with Gasteiger partial charge in [-0.15, -0.1) is 11.3 Å². The van der Waals surface area contributed by atoms with E-state index in [9.17, 15) is 14.4 Å². The largest absolute Gasteiger partial charge is 0.457 e. The number of para-hydroxylation sites is 2. The number of hydrogen-bond donors (Lipinski definition) is 0. The maximum Gasteiger partial charge on any atom is 0.329 e. The summed E-state index contributed by atoms with van der Waals surface area (Å²) in [5.41, 5.74) is 1.49. The molecule has 0 saturated carbocycles. The van der Waals surface area contributed by atoms with Crippen molar-refractivity contribution in [3.05, 3.63) is 56.1 Å². The van der Waals surface area contributed by atoms with E-state index in [0.29, 0.717) is 15.8 Å². The van der Waals surface area contributed by atoms with Gasteiger partial charge in [-0.25, -0.2) is 4.79 Å². The molecule has 0 amide bonds. The summed E-state index contributed by atoms with van der Waals surface area (Å²) in [5.74, 6) is -0.817. The number of ketones is 1. The Morgan fingerprint density at radius 3 is 2.33 bits per heavy atom. The molecule has 142 valence electrons. The molecule has 0 aliphatic heterocycles. The van der Waals surface area contributed by atoms with Gasteiger partial charge in [0.1, 0.15) is 0 Å².